The van der Waals surface area contributed by atoms with Gasteiger partial charge in [-0.05, 0) is 37.2 Å². The Kier molecular flexibility index (Phi) is 3.97. The van der Waals surface area contributed by atoms with Crippen molar-refractivity contribution in [2.24, 2.45) is 0 Å². The summed E-state index contributed by atoms with van der Waals surface area (Å²) in [6.07, 6.45) is 0.815. The molecule has 1 aliphatic rings. The van der Waals surface area contributed by atoms with Gasteiger partial charge in [-0.25, -0.2) is 8.42 Å². The fraction of sp³-hybridized carbons (Fsp3) is 0.417. The minimum Gasteiger partial charge on any atom is -0.315 e. The normalized spacial score (nSPS) is 17.9. The standard InChI is InChI=1S/C12H15N3O2S/c13-10-11-2-4-12(5-3-11)18(16,17)15-8-1-6-14-7-9-15/h2-5,14H,1,6-9H2. The van der Waals surface area contributed by atoms with E-state index in [0.717, 1.165) is 13.0 Å². The van der Waals surface area contributed by atoms with Gasteiger partial charge in [-0.3, -0.25) is 0 Å². The van der Waals surface area contributed by atoms with Crippen molar-refractivity contribution < 1.29 is 8.42 Å². The van der Waals surface area contributed by atoms with Crippen LogP contribution in [0.1, 0.15) is 12.0 Å². The van der Waals surface area contributed by atoms with E-state index in [4.69, 9.17) is 5.26 Å². The highest BCUT2D eigenvalue weighted by atomic mass is 32.2. The lowest BCUT2D eigenvalue weighted by molar-refractivity contribution is 0.432. The summed E-state index contributed by atoms with van der Waals surface area (Å²) in [5.74, 6) is 0. The highest BCUT2D eigenvalue weighted by molar-refractivity contribution is 7.89. The number of rotatable bonds is 2. The molecule has 0 bridgehead atoms. The van der Waals surface area contributed by atoms with Crippen molar-refractivity contribution in [3.63, 3.8) is 0 Å². The van der Waals surface area contributed by atoms with Crippen LogP contribution in [0.3, 0.4) is 0 Å². The van der Waals surface area contributed by atoms with Crippen molar-refractivity contribution in [2.45, 2.75) is 11.3 Å². The van der Waals surface area contributed by atoms with Crippen molar-refractivity contribution in [3.8, 4) is 6.07 Å². The zero-order valence-corrected chi connectivity index (χ0v) is 10.8. The summed E-state index contributed by atoms with van der Waals surface area (Å²) in [5.41, 5.74) is 0.464. The van der Waals surface area contributed by atoms with Crippen molar-refractivity contribution in [2.75, 3.05) is 26.2 Å². The summed E-state index contributed by atoms with van der Waals surface area (Å²) in [6.45, 7) is 2.55. The molecule has 1 aromatic rings. The number of hydrogen-bond acceptors (Lipinski definition) is 4. The monoisotopic (exact) mass is 265 g/mol. The number of sulfonamides is 1. The van der Waals surface area contributed by atoms with Crippen LogP contribution in [-0.2, 0) is 10.0 Å². The second-order valence-electron chi connectivity index (χ2n) is 4.14. The largest absolute Gasteiger partial charge is 0.315 e. The Balaban J connectivity index is 2.26. The molecule has 0 unspecified atom stereocenters. The van der Waals surface area contributed by atoms with Crippen molar-refractivity contribution >= 4 is 10.0 Å². The minimum atomic E-state index is -3.43. The van der Waals surface area contributed by atoms with Crippen molar-refractivity contribution in [3.05, 3.63) is 29.8 Å². The maximum absolute atomic E-state index is 12.4. The smallest absolute Gasteiger partial charge is 0.243 e. The lowest BCUT2D eigenvalue weighted by Crippen LogP contribution is -2.34. The molecule has 18 heavy (non-hydrogen) atoms. The number of nitrogens with zero attached hydrogens (tertiary/aromatic N) is 2. The van der Waals surface area contributed by atoms with Crippen molar-refractivity contribution in [1.29, 1.82) is 5.26 Å². The van der Waals surface area contributed by atoms with Gasteiger partial charge in [0.25, 0.3) is 0 Å². The molecule has 0 aromatic heterocycles. The van der Waals surface area contributed by atoms with Crippen LogP contribution in [0, 0.1) is 11.3 Å². The molecule has 96 valence electrons. The lowest BCUT2D eigenvalue weighted by atomic mass is 10.2. The molecule has 0 saturated carbocycles. The molecule has 5 nitrogen and oxygen atoms in total. The first kappa shape index (κ1) is 13.0. The van der Waals surface area contributed by atoms with Crippen LogP contribution in [0.15, 0.2) is 29.2 Å². The quantitative estimate of drug-likeness (QED) is 0.847. The van der Waals surface area contributed by atoms with Crippen LogP contribution < -0.4 is 5.32 Å². The fourth-order valence-electron chi connectivity index (χ4n) is 1.91. The molecule has 1 aliphatic heterocycles. The molecule has 1 fully saturated rings. The van der Waals surface area contributed by atoms with Gasteiger partial charge in [-0.15, -0.1) is 0 Å². The number of hydrogen-bond donors (Lipinski definition) is 1. The number of benzene rings is 1. The molecular formula is C12H15N3O2S. The molecule has 0 radical (unpaired) electrons. The Morgan fingerprint density at radius 3 is 2.56 bits per heavy atom. The van der Waals surface area contributed by atoms with Gasteiger partial charge in [-0.2, -0.15) is 9.57 Å². The summed E-state index contributed by atoms with van der Waals surface area (Å²) >= 11 is 0. The van der Waals surface area contributed by atoms with E-state index in [2.05, 4.69) is 5.32 Å². The molecule has 6 heteroatoms. The average molecular weight is 265 g/mol. The first-order valence-corrected chi connectivity index (χ1v) is 7.29. The molecule has 2 rings (SSSR count). The van der Waals surface area contributed by atoms with Gasteiger partial charge < -0.3 is 5.32 Å². The van der Waals surface area contributed by atoms with E-state index in [9.17, 15) is 8.42 Å². The van der Waals surface area contributed by atoms with Crippen molar-refractivity contribution in [1.82, 2.24) is 9.62 Å². The van der Waals surface area contributed by atoms with E-state index in [1.165, 1.54) is 28.6 Å². The zero-order valence-electron chi connectivity index (χ0n) is 9.96. The first-order valence-electron chi connectivity index (χ1n) is 5.85. The third kappa shape index (κ3) is 2.70. The maximum atomic E-state index is 12.4. The van der Waals surface area contributed by atoms with E-state index in [1.807, 2.05) is 6.07 Å². The fourth-order valence-corrected chi connectivity index (χ4v) is 3.39. The summed E-state index contributed by atoms with van der Waals surface area (Å²) in [7, 11) is -3.43. The van der Waals surface area contributed by atoms with Crippen LogP contribution >= 0.6 is 0 Å². The first-order chi connectivity index (χ1) is 8.64. The molecule has 0 atom stereocenters. The van der Waals surface area contributed by atoms with E-state index in [0.29, 0.717) is 25.2 Å². The highest BCUT2D eigenvalue weighted by Crippen LogP contribution is 2.17. The Morgan fingerprint density at radius 1 is 1.17 bits per heavy atom. The van der Waals surface area contributed by atoms with E-state index < -0.39 is 10.0 Å². The van der Waals surface area contributed by atoms with Gasteiger partial charge in [-0.1, -0.05) is 0 Å². The summed E-state index contributed by atoms with van der Waals surface area (Å²) in [6, 6.07) is 8.02. The molecule has 1 heterocycles. The third-order valence-electron chi connectivity index (χ3n) is 2.92. The topological polar surface area (TPSA) is 73.2 Å². The molecular weight excluding hydrogens is 250 g/mol. The lowest BCUT2D eigenvalue weighted by Gasteiger charge is -2.19. The Labute approximate surface area is 107 Å². The average Bonchev–Trinajstić information content (AvgIpc) is 2.68. The van der Waals surface area contributed by atoms with E-state index >= 15 is 0 Å². The second-order valence-corrected chi connectivity index (χ2v) is 6.08. The van der Waals surface area contributed by atoms with Crippen LogP contribution in [0.25, 0.3) is 0 Å². The predicted octanol–water partition coefficient (Wildman–Crippen LogP) is 0.542. The number of nitriles is 1. The molecule has 0 spiro atoms. The van der Waals surface area contributed by atoms with E-state index in [1.54, 1.807) is 0 Å². The Morgan fingerprint density at radius 2 is 1.89 bits per heavy atom. The minimum absolute atomic E-state index is 0.253. The molecule has 0 aliphatic carbocycles. The van der Waals surface area contributed by atoms with Crippen LogP contribution in [0.5, 0.6) is 0 Å². The molecule has 0 amide bonds. The van der Waals surface area contributed by atoms with Crippen LogP contribution in [0.2, 0.25) is 0 Å². The van der Waals surface area contributed by atoms with E-state index in [-0.39, 0.29) is 4.90 Å². The second kappa shape index (κ2) is 5.48. The van der Waals surface area contributed by atoms with Crippen LogP contribution in [-0.4, -0.2) is 38.9 Å². The Hall–Kier alpha value is -1.42. The predicted molar refractivity (Wildman–Crippen MR) is 67.4 cm³/mol. The maximum Gasteiger partial charge on any atom is 0.243 e. The summed E-state index contributed by atoms with van der Waals surface area (Å²) in [4.78, 5) is 0.253. The Bertz CT molecular complexity index is 538. The van der Waals surface area contributed by atoms with Gasteiger partial charge in [0.05, 0.1) is 16.5 Å². The third-order valence-corrected chi connectivity index (χ3v) is 4.83. The van der Waals surface area contributed by atoms with Gasteiger partial charge in [0.2, 0.25) is 10.0 Å². The van der Waals surface area contributed by atoms with Gasteiger partial charge >= 0.3 is 0 Å². The SMILES string of the molecule is N#Cc1ccc(S(=O)(=O)N2CCCNCC2)cc1. The number of nitrogens with one attached hydrogen (secondary N) is 1. The summed E-state index contributed by atoms with van der Waals surface area (Å²) in [5, 5.41) is 11.9. The molecule has 1 N–H and O–H groups in total. The highest BCUT2D eigenvalue weighted by Gasteiger charge is 2.24. The zero-order chi connectivity index (χ0) is 13.0. The summed E-state index contributed by atoms with van der Waals surface area (Å²) < 4.78 is 26.2. The molecule has 1 saturated heterocycles. The van der Waals surface area contributed by atoms with Gasteiger partial charge in [0.15, 0.2) is 0 Å². The van der Waals surface area contributed by atoms with Crippen LogP contribution in [0.4, 0.5) is 0 Å². The molecule has 1 aromatic carbocycles. The van der Waals surface area contributed by atoms with Gasteiger partial charge in [0.1, 0.15) is 0 Å². The van der Waals surface area contributed by atoms with Gasteiger partial charge in [0, 0.05) is 19.6 Å².